The average molecular weight is 419 g/mol. The Labute approximate surface area is 142 Å². The molecule has 0 radical (unpaired) electrons. The van der Waals surface area contributed by atoms with Crippen molar-refractivity contribution in [2.75, 3.05) is 36.2 Å². The smallest absolute Gasteiger partial charge is 0.233 e. The number of halogens is 2. The molecule has 0 fully saturated rings. The van der Waals surface area contributed by atoms with Crippen molar-refractivity contribution in [3.8, 4) is 0 Å². The minimum Gasteiger partial charge on any atom is -0.354 e. The standard InChI is InChI=1S/C13H16ClIN6/c1-4-16-11-18-12(20-13(19-11)21(2)3)17-10-6-5-8(15)7-9(10)14/h5-7H,4H2,1-3H3,(H2,16,17,18,19,20). The molecule has 0 saturated heterocycles. The Bertz CT molecular complexity index is 634. The summed E-state index contributed by atoms with van der Waals surface area (Å²) in [6.07, 6.45) is 0. The zero-order valence-electron chi connectivity index (χ0n) is 12.0. The van der Waals surface area contributed by atoms with Gasteiger partial charge in [0.2, 0.25) is 17.8 Å². The van der Waals surface area contributed by atoms with Crippen LogP contribution in [0.1, 0.15) is 6.92 Å². The van der Waals surface area contributed by atoms with Gasteiger partial charge < -0.3 is 15.5 Å². The molecule has 2 N–H and O–H groups in total. The van der Waals surface area contributed by atoms with Crippen molar-refractivity contribution in [3.05, 3.63) is 26.8 Å². The second-order valence-electron chi connectivity index (χ2n) is 4.46. The predicted molar refractivity (Wildman–Crippen MR) is 95.8 cm³/mol. The van der Waals surface area contributed by atoms with Gasteiger partial charge in [0.25, 0.3) is 0 Å². The van der Waals surface area contributed by atoms with Gasteiger partial charge in [-0.1, -0.05) is 11.6 Å². The Morgan fingerprint density at radius 2 is 1.90 bits per heavy atom. The second-order valence-corrected chi connectivity index (χ2v) is 6.11. The van der Waals surface area contributed by atoms with E-state index in [0.717, 1.165) is 15.8 Å². The summed E-state index contributed by atoms with van der Waals surface area (Å²) in [5.74, 6) is 1.55. The number of rotatable bonds is 5. The van der Waals surface area contributed by atoms with E-state index in [2.05, 4.69) is 48.2 Å². The molecule has 1 aromatic heterocycles. The van der Waals surface area contributed by atoms with Crippen molar-refractivity contribution in [1.29, 1.82) is 0 Å². The van der Waals surface area contributed by atoms with E-state index in [1.54, 1.807) is 0 Å². The van der Waals surface area contributed by atoms with Crippen LogP contribution in [0, 0.1) is 3.57 Å². The summed E-state index contributed by atoms with van der Waals surface area (Å²) in [5.41, 5.74) is 0.760. The number of anilines is 4. The Balaban J connectivity index is 2.33. The molecule has 1 heterocycles. The fourth-order valence-electron chi connectivity index (χ4n) is 1.57. The molecular weight excluding hydrogens is 403 g/mol. The first-order valence-electron chi connectivity index (χ1n) is 6.39. The van der Waals surface area contributed by atoms with E-state index in [1.165, 1.54) is 0 Å². The maximum atomic E-state index is 6.22. The topological polar surface area (TPSA) is 66.0 Å². The fraction of sp³-hybridized carbons (Fsp3) is 0.308. The SMILES string of the molecule is CCNc1nc(Nc2ccc(I)cc2Cl)nc(N(C)C)n1. The summed E-state index contributed by atoms with van der Waals surface area (Å²) in [6, 6.07) is 5.74. The Kier molecular flexibility index (Phi) is 5.40. The molecule has 0 aliphatic carbocycles. The predicted octanol–water partition coefficient (Wildman–Crippen LogP) is 3.37. The van der Waals surface area contributed by atoms with Gasteiger partial charge in [-0.05, 0) is 47.7 Å². The summed E-state index contributed by atoms with van der Waals surface area (Å²) < 4.78 is 1.07. The molecule has 8 heteroatoms. The molecule has 21 heavy (non-hydrogen) atoms. The highest BCUT2D eigenvalue weighted by atomic mass is 127. The van der Waals surface area contributed by atoms with E-state index in [0.29, 0.717) is 22.9 Å². The highest BCUT2D eigenvalue weighted by Gasteiger charge is 2.09. The van der Waals surface area contributed by atoms with Gasteiger partial charge in [0.05, 0.1) is 10.7 Å². The summed E-state index contributed by atoms with van der Waals surface area (Å²) in [6.45, 7) is 2.73. The van der Waals surface area contributed by atoms with E-state index >= 15 is 0 Å². The van der Waals surface area contributed by atoms with E-state index in [4.69, 9.17) is 11.6 Å². The van der Waals surface area contributed by atoms with Crippen molar-refractivity contribution in [2.24, 2.45) is 0 Å². The molecule has 0 aliphatic rings. The van der Waals surface area contributed by atoms with Crippen LogP contribution in [0.15, 0.2) is 18.2 Å². The van der Waals surface area contributed by atoms with Crippen LogP contribution in [0.5, 0.6) is 0 Å². The van der Waals surface area contributed by atoms with E-state index in [-0.39, 0.29) is 0 Å². The minimum absolute atomic E-state index is 0.452. The maximum Gasteiger partial charge on any atom is 0.233 e. The van der Waals surface area contributed by atoms with Gasteiger partial charge in [-0.2, -0.15) is 15.0 Å². The monoisotopic (exact) mass is 418 g/mol. The molecule has 6 nitrogen and oxygen atoms in total. The molecule has 0 amide bonds. The van der Waals surface area contributed by atoms with Crippen molar-refractivity contribution >= 4 is 57.7 Å². The van der Waals surface area contributed by atoms with Gasteiger partial charge in [-0.15, -0.1) is 0 Å². The number of benzene rings is 1. The summed E-state index contributed by atoms with van der Waals surface area (Å²) in [4.78, 5) is 14.8. The molecule has 0 saturated carbocycles. The third kappa shape index (κ3) is 4.31. The lowest BCUT2D eigenvalue weighted by atomic mass is 10.3. The lowest BCUT2D eigenvalue weighted by Gasteiger charge is -2.14. The van der Waals surface area contributed by atoms with Gasteiger partial charge in [0.1, 0.15) is 0 Å². The van der Waals surface area contributed by atoms with Gasteiger partial charge in [0.15, 0.2) is 0 Å². The summed E-state index contributed by atoms with van der Waals surface area (Å²) in [5, 5.41) is 6.84. The largest absolute Gasteiger partial charge is 0.354 e. The van der Waals surface area contributed by atoms with Crippen LogP contribution in [0.25, 0.3) is 0 Å². The molecular formula is C13H16ClIN6. The normalized spacial score (nSPS) is 10.3. The second kappa shape index (κ2) is 7.08. The highest BCUT2D eigenvalue weighted by molar-refractivity contribution is 14.1. The molecule has 0 aliphatic heterocycles. The zero-order valence-corrected chi connectivity index (χ0v) is 14.9. The van der Waals surface area contributed by atoms with Gasteiger partial charge in [0, 0.05) is 24.2 Å². The number of aromatic nitrogens is 3. The van der Waals surface area contributed by atoms with Crippen LogP contribution < -0.4 is 15.5 Å². The van der Waals surface area contributed by atoms with Crippen LogP contribution in [0.3, 0.4) is 0 Å². The van der Waals surface area contributed by atoms with E-state index in [1.807, 2.05) is 44.1 Å². The van der Waals surface area contributed by atoms with Crippen LogP contribution in [0.2, 0.25) is 5.02 Å². The van der Waals surface area contributed by atoms with Crippen LogP contribution in [-0.4, -0.2) is 35.6 Å². The summed E-state index contributed by atoms with van der Waals surface area (Å²) >= 11 is 8.43. The van der Waals surface area contributed by atoms with Crippen molar-refractivity contribution in [2.45, 2.75) is 6.92 Å². The van der Waals surface area contributed by atoms with Crippen LogP contribution >= 0.6 is 34.2 Å². The Morgan fingerprint density at radius 1 is 1.19 bits per heavy atom. The van der Waals surface area contributed by atoms with Crippen LogP contribution in [-0.2, 0) is 0 Å². The minimum atomic E-state index is 0.452. The molecule has 2 rings (SSSR count). The van der Waals surface area contributed by atoms with Crippen molar-refractivity contribution in [1.82, 2.24) is 15.0 Å². The molecule has 0 atom stereocenters. The molecule has 112 valence electrons. The fourth-order valence-corrected chi connectivity index (χ4v) is 2.47. The number of hydrogen-bond acceptors (Lipinski definition) is 6. The number of nitrogens with zero attached hydrogens (tertiary/aromatic N) is 4. The summed E-state index contributed by atoms with van der Waals surface area (Å²) in [7, 11) is 3.76. The Hall–Kier alpha value is -1.35. The third-order valence-corrected chi connectivity index (χ3v) is 3.52. The molecule has 2 aromatic rings. The van der Waals surface area contributed by atoms with Gasteiger partial charge in [-0.25, -0.2) is 0 Å². The Morgan fingerprint density at radius 3 is 2.52 bits per heavy atom. The molecule has 1 aromatic carbocycles. The first-order chi connectivity index (χ1) is 9.99. The zero-order chi connectivity index (χ0) is 15.4. The quantitative estimate of drug-likeness (QED) is 0.726. The van der Waals surface area contributed by atoms with Gasteiger partial charge in [-0.3, -0.25) is 0 Å². The maximum absolute atomic E-state index is 6.22. The van der Waals surface area contributed by atoms with E-state index in [9.17, 15) is 0 Å². The lowest BCUT2D eigenvalue weighted by molar-refractivity contribution is 0.953. The van der Waals surface area contributed by atoms with Crippen molar-refractivity contribution in [3.63, 3.8) is 0 Å². The molecule has 0 bridgehead atoms. The van der Waals surface area contributed by atoms with E-state index < -0.39 is 0 Å². The molecule has 0 spiro atoms. The van der Waals surface area contributed by atoms with Crippen molar-refractivity contribution < 1.29 is 0 Å². The average Bonchev–Trinajstić information content (AvgIpc) is 2.42. The first-order valence-corrected chi connectivity index (χ1v) is 7.84. The highest BCUT2D eigenvalue weighted by Crippen LogP contribution is 2.26. The third-order valence-electron chi connectivity index (χ3n) is 2.54. The van der Waals surface area contributed by atoms with Gasteiger partial charge >= 0.3 is 0 Å². The molecule has 0 unspecified atom stereocenters. The number of nitrogens with one attached hydrogen (secondary N) is 2. The first kappa shape index (κ1) is 16.0. The number of hydrogen-bond donors (Lipinski definition) is 2. The lowest BCUT2D eigenvalue weighted by Crippen LogP contribution is -2.16. The van der Waals surface area contributed by atoms with Crippen LogP contribution in [0.4, 0.5) is 23.5 Å².